The van der Waals surface area contributed by atoms with Crippen molar-refractivity contribution in [2.75, 3.05) is 27.2 Å². The predicted octanol–water partition coefficient (Wildman–Crippen LogP) is 11.2. The molecule has 1 unspecified atom stereocenters. The first kappa shape index (κ1) is 37.7. The summed E-state index contributed by atoms with van der Waals surface area (Å²) in [5.74, 6) is 0. The molecular formula is C35H67NO3. The Balaban J connectivity index is 4.05. The number of carbonyl (C=O) groups excluding carboxylic acids is 1. The smallest absolute Gasteiger partial charge is 0.434 e. The van der Waals surface area contributed by atoms with Gasteiger partial charge in [-0.05, 0) is 91.3 Å². The summed E-state index contributed by atoms with van der Waals surface area (Å²) in [6.45, 7) is 6.00. The van der Waals surface area contributed by atoms with Crippen molar-refractivity contribution in [1.29, 1.82) is 0 Å². The van der Waals surface area contributed by atoms with Crippen molar-refractivity contribution in [2.24, 2.45) is 0 Å². The topological polar surface area (TPSA) is 38.8 Å². The molecule has 0 aromatic heterocycles. The number of hydrogen-bond donors (Lipinski definition) is 0. The zero-order valence-electron chi connectivity index (χ0n) is 26.7. The van der Waals surface area contributed by atoms with Gasteiger partial charge in [0, 0.05) is 0 Å². The van der Waals surface area contributed by atoms with E-state index in [1.54, 1.807) is 0 Å². The Bertz CT molecular complexity index is 558. The number of rotatable bonds is 29. The molecule has 0 heterocycles. The number of ether oxygens (including phenoxy) is 2. The van der Waals surface area contributed by atoms with Crippen LogP contribution in [-0.2, 0) is 9.47 Å². The summed E-state index contributed by atoms with van der Waals surface area (Å²) < 4.78 is 11.1. The monoisotopic (exact) mass is 550 g/mol. The molecule has 39 heavy (non-hydrogen) atoms. The van der Waals surface area contributed by atoms with Crippen molar-refractivity contribution < 1.29 is 14.3 Å². The SMILES string of the molecule is CCCCC/C=C\C/C=C\CCCCCCCC(CCCCCCCCCC)OC(=O)OCCCCN(C)C. The fraction of sp³-hybridized carbons (Fsp3) is 0.857. The Hall–Kier alpha value is -1.29. The number of allylic oxidation sites excluding steroid dienone is 4. The molecule has 0 aliphatic rings. The second-order valence-corrected chi connectivity index (χ2v) is 11.6. The van der Waals surface area contributed by atoms with Crippen LogP contribution in [0.4, 0.5) is 4.79 Å². The van der Waals surface area contributed by atoms with E-state index in [2.05, 4.69) is 57.1 Å². The first-order chi connectivity index (χ1) is 19.1. The lowest BCUT2D eigenvalue weighted by Gasteiger charge is -2.18. The third-order valence-electron chi connectivity index (χ3n) is 7.34. The Morgan fingerprint density at radius 3 is 1.67 bits per heavy atom. The van der Waals surface area contributed by atoms with Crippen LogP contribution in [0.1, 0.15) is 162 Å². The average Bonchev–Trinajstić information content (AvgIpc) is 2.91. The van der Waals surface area contributed by atoms with Gasteiger partial charge in [0.15, 0.2) is 0 Å². The highest BCUT2D eigenvalue weighted by atomic mass is 16.7. The van der Waals surface area contributed by atoms with Crippen LogP contribution >= 0.6 is 0 Å². The highest BCUT2D eigenvalue weighted by Gasteiger charge is 2.15. The van der Waals surface area contributed by atoms with Crippen molar-refractivity contribution >= 4 is 6.16 Å². The fourth-order valence-corrected chi connectivity index (χ4v) is 4.81. The van der Waals surface area contributed by atoms with Gasteiger partial charge >= 0.3 is 6.16 Å². The number of hydrogen-bond acceptors (Lipinski definition) is 4. The summed E-state index contributed by atoms with van der Waals surface area (Å²) in [7, 11) is 4.13. The van der Waals surface area contributed by atoms with Crippen molar-refractivity contribution in [3.8, 4) is 0 Å². The van der Waals surface area contributed by atoms with E-state index in [1.165, 1.54) is 103 Å². The quantitative estimate of drug-likeness (QED) is 0.0528. The van der Waals surface area contributed by atoms with Gasteiger partial charge in [-0.1, -0.05) is 115 Å². The molecule has 0 aromatic carbocycles. The Kier molecular flexibility index (Phi) is 30.2. The van der Waals surface area contributed by atoms with Crippen molar-refractivity contribution in [3.05, 3.63) is 24.3 Å². The van der Waals surface area contributed by atoms with E-state index in [0.29, 0.717) is 6.61 Å². The van der Waals surface area contributed by atoms with Gasteiger partial charge in [0.25, 0.3) is 0 Å². The van der Waals surface area contributed by atoms with Crippen LogP contribution in [0.5, 0.6) is 0 Å². The maximum atomic E-state index is 12.3. The van der Waals surface area contributed by atoms with Crippen LogP contribution in [0.2, 0.25) is 0 Å². The number of nitrogens with zero attached hydrogens (tertiary/aromatic N) is 1. The normalized spacial score (nSPS) is 12.6. The van der Waals surface area contributed by atoms with Gasteiger partial charge in [-0.3, -0.25) is 0 Å². The maximum absolute atomic E-state index is 12.3. The highest BCUT2D eigenvalue weighted by Crippen LogP contribution is 2.18. The molecule has 0 rings (SSSR count). The summed E-state index contributed by atoms with van der Waals surface area (Å²) in [4.78, 5) is 14.4. The summed E-state index contributed by atoms with van der Waals surface area (Å²) >= 11 is 0. The second kappa shape index (κ2) is 31.2. The third-order valence-corrected chi connectivity index (χ3v) is 7.34. The predicted molar refractivity (Wildman–Crippen MR) is 171 cm³/mol. The molecular weight excluding hydrogens is 482 g/mol. The first-order valence-electron chi connectivity index (χ1n) is 16.9. The minimum Gasteiger partial charge on any atom is -0.434 e. The molecule has 0 bridgehead atoms. The van der Waals surface area contributed by atoms with Gasteiger partial charge < -0.3 is 14.4 Å². The molecule has 0 spiro atoms. The minimum atomic E-state index is -0.466. The van der Waals surface area contributed by atoms with Crippen molar-refractivity contribution in [1.82, 2.24) is 4.90 Å². The zero-order valence-corrected chi connectivity index (χ0v) is 26.7. The highest BCUT2D eigenvalue weighted by molar-refractivity contribution is 5.60. The average molecular weight is 550 g/mol. The van der Waals surface area contributed by atoms with Crippen LogP contribution in [0.25, 0.3) is 0 Å². The summed E-state index contributed by atoms with van der Waals surface area (Å²) in [6.07, 6.45) is 36.8. The molecule has 0 radical (unpaired) electrons. The molecule has 230 valence electrons. The molecule has 0 aliphatic heterocycles. The molecule has 0 saturated carbocycles. The molecule has 0 saturated heterocycles. The van der Waals surface area contributed by atoms with E-state index in [-0.39, 0.29) is 6.10 Å². The lowest BCUT2D eigenvalue weighted by molar-refractivity contribution is 0.0153. The van der Waals surface area contributed by atoms with Crippen molar-refractivity contribution in [3.63, 3.8) is 0 Å². The van der Waals surface area contributed by atoms with Crippen LogP contribution in [0.15, 0.2) is 24.3 Å². The molecule has 0 aromatic rings. The van der Waals surface area contributed by atoms with E-state index in [1.807, 2.05) is 0 Å². The Morgan fingerprint density at radius 2 is 1.10 bits per heavy atom. The zero-order chi connectivity index (χ0) is 28.7. The maximum Gasteiger partial charge on any atom is 0.508 e. The van der Waals surface area contributed by atoms with Gasteiger partial charge in [-0.2, -0.15) is 0 Å². The van der Waals surface area contributed by atoms with Crippen molar-refractivity contribution in [2.45, 2.75) is 168 Å². The van der Waals surface area contributed by atoms with E-state index in [4.69, 9.17) is 9.47 Å². The molecule has 0 amide bonds. The summed E-state index contributed by atoms with van der Waals surface area (Å²) in [6, 6.07) is 0. The molecule has 1 atom stereocenters. The standard InChI is InChI=1S/C35H67NO3/c1-5-7-9-11-13-15-16-17-18-19-20-21-23-25-27-31-34(30-26-24-22-14-12-10-8-6-2)39-35(37)38-33-29-28-32-36(3)4/h13,15,17-18,34H,5-12,14,16,19-33H2,1-4H3/b15-13-,18-17-. The minimum absolute atomic E-state index is 0.0114. The fourth-order valence-electron chi connectivity index (χ4n) is 4.81. The van der Waals surface area contributed by atoms with Gasteiger partial charge in [0.05, 0.1) is 6.61 Å². The molecule has 4 heteroatoms. The second-order valence-electron chi connectivity index (χ2n) is 11.6. The van der Waals surface area contributed by atoms with Crippen LogP contribution in [-0.4, -0.2) is 44.4 Å². The Labute approximate surface area is 244 Å². The lowest BCUT2D eigenvalue weighted by Crippen LogP contribution is -2.20. The van der Waals surface area contributed by atoms with Gasteiger partial charge in [-0.15, -0.1) is 0 Å². The molecule has 0 aliphatic carbocycles. The molecule has 0 fully saturated rings. The van der Waals surface area contributed by atoms with E-state index >= 15 is 0 Å². The van der Waals surface area contributed by atoms with Crippen LogP contribution in [0.3, 0.4) is 0 Å². The third kappa shape index (κ3) is 31.1. The van der Waals surface area contributed by atoms with Crippen LogP contribution in [0, 0.1) is 0 Å². The largest absolute Gasteiger partial charge is 0.508 e. The summed E-state index contributed by atoms with van der Waals surface area (Å²) in [5.41, 5.74) is 0. The Morgan fingerprint density at radius 1 is 0.615 bits per heavy atom. The van der Waals surface area contributed by atoms with Gasteiger partial charge in [-0.25, -0.2) is 4.79 Å². The first-order valence-corrected chi connectivity index (χ1v) is 16.9. The van der Waals surface area contributed by atoms with Gasteiger partial charge in [0.2, 0.25) is 0 Å². The molecule has 0 N–H and O–H groups in total. The molecule has 4 nitrogen and oxygen atoms in total. The van der Waals surface area contributed by atoms with Gasteiger partial charge in [0.1, 0.15) is 6.10 Å². The summed E-state index contributed by atoms with van der Waals surface area (Å²) in [5, 5.41) is 0. The lowest BCUT2D eigenvalue weighted by atomic mass is 10.0. The number of carbonyl (C=O) groups is 1. The van der Waals surface area contributed by atoms with E-state index < -0.39 is 6.16 Å². The van der Waals surface area contributed by atoms with E-state index in [9.17, 15) is 4.79 Å². The van der Waals surface area contributed by atoms with E-state index in [0.717, 1.165) is 51.5 Å². The van der Waals surface area contributed by atoms with Crippen LogP contribution < -0.4 is 0 Å². The number of unbranched alkanes of at least 4 members (excludes halogenated alkanes) is 16.